The molecule has 0 saturated carbocycles. The maximum atomic E-state index is 13.7. The minimum Gasteiger partial charge on any atom is -0.320 e. The molecule has 0 aliphatic carbocycles. The second-order valence-electron chi connectivity index (χ2n) is 4.27. The average molecular weight is 330 g/mol. The fraction of sp³-hybridized carbons (Fsp3) is 0.143. The highest BCUT2D eigenvalue weighted by atomic mass is 79.9. The van der Waals surface area contributed by atoms with Gasteiger partial charge in [0.25, 0.3) is 0 Å². The first-order valence-electron chi connectivity index (χ1n) is 5.56. The van der Waals surface area contributed by atoms with E-state index < -0.39 is 23.5 Å². The summed E-state index contributed by atoms with van der Waals surface area (Å²) in [6.45, 7) is 1.84. The van der Waals surface area contributed by atoms with Crippen molar-refractivity contribution in [2.24, 2.45) is 5.73 Å². The molecule has 0 bridgehead atoms. The highest BCUT2D eigenvalue weighted by Gasteiger charge is 2.20. The minimum absolute atomic E-state index is 0.330. The van der Waals surface area contributed by atoms with Gasteiger partial charge < -0.3 is 5.73 Å². The van der Waals surface area contributed by atoms with Crippen molar-refractivity contribution in [3.05, 3.63) is 68.9 Å². The van der Waals surface area contributed by atoms with Gasteiger partial charge in [0.1, 0.15) is 17.5 Å². The van der Waals surface area contributed by atoms with E-state index in [2.05, 4.69) is 15.9 Å². The second kappa shape index (κ2) is 5.35. The number of halogens is 4. The summed E-state index contributed by atoms with van der Waals surface area (Å²) in [5.74, 6) is -2.92. The molecule has 2 rings (SSSR count). The molecule has 0 fully saturated rings. The Hall–Kier alpha value is -1.33. The zero-order chi connectivity index (χ0) is 14.2. The van der Waals surface area contributed by atoms with Crippen LogP contribution >= 0.6 is 15.9 Å². The van der Waals surface area contributed by atoms with Crippen LogP contribution in [0.2, 0.25) is 0 Å². The van der Waals surface area contributed by atoms with Crippen LogP contribution in [0.3, 0.4) is 0 Å². The molecule has 0 heterocycles. The Morgan fingerprint density at radius 2 is 1.63 bits per heavy atom. The normalized spacial score (nSPS) is 12.5. The molecule has 1 unspecified atom stereocenters. The molecule has 2 aromatic carbocycles. The quantitative estimate of drug-likeness (QED) is 0.876. The molecule has 0 spiro atoms. The summed E-state index contributed by atoms with van der Waals surface area (Å²) in [6.07, 6.45) is 0. The Morgan fingerprint density at radius 3 is 2.16 bits per heavy atom. The molecule has 0 aliphatic rings. The number of benzene rings is 2. The third-order valence-electron chi connectivity index (χ3n) is 2.90. The van der Waals surface area contributed by atoms with E-state index in [9.17, 15) is 13.2 Å². The van der Waals surface area contributed by atoms with Gasteiger partial charge in [-0.05, 0) is 24.1 Å². The van der Waals surface area contributed by atoms with Crippen molar-refractivity contribution in [3.63, 3.8) is 0 Å². The van der Waals surface area contributed by atoms with Crippen molar-refractivity contribution in [3.8, 4) is 0 Å². The van der Waals surface area contributed by atoms with Gasteiger partial charge in [-0.2, -0.15) is 0 Å². The highest BCUT2D eigenvalue weighted by molar-refractivity contribution is 9.10. The Kier molecular flexibility index (Phi) is 3.96. The third kappa shape index (κ3) is 2.82. The van der Waals surface area contributed by atoms with E-state index in [0.29, 0.717) is 17.7 Å². The fourth-order valence-electron chi connectivity index (χ4n) is 1.88. The summed E-state index contributed by atoms with van der Waals surface area (Å²) in [7, 11) is 0. The van der Waals surface area contributed by atoms with Gasteiger partial charge in [0, 0.05) is 22.2 Å². The van der Waals surface area contributed by atoms with Crippen molar-refractivity contribution in [2.75, 3.05) is 0 Å². The Balaban J connectivity index is 2.49. The van der Waals surface area contributed by atoms with Crippen LogP contribution in [0.5, 0.6) is 0 Å². The molecule has 1 nitrogen and oxygen atoms in total. The molecule has 5 heteroatoms. The standard InChI is InChI=1S/C14H11BrF3N/c1-7-4-8(2-3-10(7)15)14(19)13-11(17)5-9(16)6-12(13)18/h2-6,14H,19H2,1H3. The molecular formula is C14H11BrF3N. The van der Waals surface area contributed by atoms with Crippen molar-refractivity contribution in [1.82, 2.24) is 0 Å². The van der Waals surface area contributed by atoms with E-state index >= 15 is 0 Å². The van der Waals surface area contributed by atoms with Gasteiger partial charge in [-0.25, -0.2) is 13.2 Å². The van der Waals surface area contributed by atoms with Gasteiger partial charge in [-0.15, -0.1) is 0 Å². The van der Waals surface area contributed by atoms with Crippen molar-refractivity contribution in [1.29, 1.82) is 0 Å². The topological polar surface area (TPSA) is 26.0 Å². The van der Waals surface area contributed by atoms with Crippen LogP contribution in [0.4, 0.5) is 13.2 Å². The molecule has 2 aromatic rings. The molecule has 2 N–H and O–H groups in total. The zero-order valence-corrected chi connectivity index (χ0v) is 11.6. The summed E-state index contributed by atoms with van der Waals surface area (Å²) >= 11 is 3.33. The molecule has 19 heavy (non-hydrogen) atoms. The molecule has 0 aromatic heterocycles. The maximum absolute atomic E-state index is 13.7. The monoisotopic (exact) mass is 329 g/mol. The third-order valence-corrected chi connectivity index (χ3v) is 3.79. The first-order valence-corrected chi connectivity index (χ1v) is 6.35. The van der Waals surface area contributed by atoms with Crippen LogP contribution in [0, 0.1) is 24.4 Å². The van der Waals surface area contributed by atoms with Gasteiger partial charge in [0.05, 0.1) is 6.04 Å². The molecule has 1 atom stereocenters. The highest BCUT2D eigenvalue weighted by Crippen LogP contribution is 2.28. The second-order valence-corrected chi connectivity index (χ2v) is 5.12. The van der Waals surface area contributed by atoms with E-state index in [4.69, 9.17) is 5.73 Å². The summed E-state index contributed by atoms with van der Waals surface area (Å²) < 4.78 is 41.1. The Labute approximate surface area is 117 Å². The predicted octanol–water partition coefficient (Wildman–Crippen LogP) is 4.22. The largest absolute Gasteiger partial charge is 0.320 e. The summed E-state index contributed by atoms with van der Waals surface area (Å²) in [5, 5.41) is 0. The van der Waals surface area contributed by atoms with Gasteiger partial charge in [0.15, 0.2) is 0 Å². The molecule has 0 amide bonds. The van der Waals surface area contributed by atoms with E-state index in [1.165, 1.54) is 0 Å². The molecule has 0 radical (unpaired) electrons. The van der Waals surface area contributed by atoms with E-state index in [1.54, 1.807) is 18.2 Å². The lowest BCUT2D eigenvalue weighted by Gasteiger charge is -2.15. The van der Waals surface area contributed by atoms with Crippen LogP contribution in [0.25, 0.3) is 0 Å². The lowest BCUT2D eigenvalue weighted by Crippen LogP contribution is -2.16. The number of hydrogen-bond acceptors (Lipinski definition) is 1. The first-order chi connectivity index (χ1) is 8.90. The van der Waals surface area contributed by atoms with Gasteiger partial charge in [0.2, 0.25) is 0 Å². The molecular weight excluding hydrogens is 319 g/mol. The van der Waals surface area contributed by atoms with Crippen LogP contribution < -0.4 is 5.73 Å². The van der Waals surface area contributed by atoms with Crippen molar-refractivity contribution < 1.29 is 13.2 Å². The number of nitrogens with two attached hydrogens (primary N) is 1. The molecule has 0 saturated heterocycles. The van der Waals surface area contributed by atoms with Gasteiger partial charge in [-0.3, -0.25) is 0 Å². The zero-order valence-electron chi connectivity index (χ0n) is 10.1. The van der Waals surface area contributed by atoms with Crippen molar-refractivity contribution in [2.45, 2.75) is 13.0 Å². The first kappa shape index (κ1) is 14.1. The minimum atomic E-state index is -0.981. The SMILES string of the molecule is Cc1cc(C(N)c2c(F)cc(F)cc2F)ccc1Br. The lowest BCUT2D eigenvalue weighted by molar-refractivity contribution is 0.515. The Bertz CT molecular complexity index is 605. The number of hydrogen-bond donors (Lipinski definition) is 1. The lowest BCUT2D eigenvalue weighted by atomic mass is 9.97. The number of aryl methyl sites for hydroxylation is 1. The molecule has 100 valence electrons. The number of rotatable bonds is 2. The van der Waals surface area contributed by atoms with E-state index in [0.717, 1.165) is 10.0 Å². The smallest absolute Gasteiger partial charge is 0.134 e. The fourth-order valence-corrected chi connectivity index (χ4v) is 2.13. The Morgan fingerprint density at radius 1 is 1.05 bits per heavy atom. The van der Waals surface area contributed by atoms with Gasteiger partial charge in [-0.1, -0.05) is 28.1 Å². The van der Waals surface area contributed by atoms with Crippen LogP contribution in [0.1, 0.15) is 22.7 Å². The average Bonchev–Trinajstić information content (AvgIpc) is 2.31. The van der Waals surface area contributed by atoms with Gasteiger partial charge >= 0.3 is 0 Å². The van der Waals surface area contributed by atoms with E-state index in [1.807, 2.05) is 6.92 Å². The van der Waals surface area contributed by atoms with Crippen LogP contribution in [-0.2, 0) is 0 Å². The molecule has 0 aliphatic heterocycles. The summed E-state index contributed by atoms with van der Waals surface area (Å²) in [6, 6.07) is 5.44. The summed E-state index contributed by atoms with van der Waals surface area (Å²) in [4.78, 5) is 0. The summed E-state index contributed by atoms with van der Waals surface area (Å²) in [5.41, 5.74) is 7.00. The van der Waals surface area contributed by atoms with E-state index in [-0.39, 0.29) is 5.56 Å². The maximum Gasteiger partial charge on any atom is 0.134 e. The van der Waals surface area contributed by atoms with Crippen LogP contribution in [-0.4, -0.2) is 0 Å². The predicted molar refractivity (Wildman–Crippen MR) is 71.2 cm³/mol. The van der Waals surface area contributed by atoms with Crippen LogP contribution in [0.15, 0.2) is 34.8 Å². The van der Waals surface area contributed by atoms with Crippen molar-refractivity contribution >= 4 is 15.9 Å².